The number of halogens is 1. The molecule has 1 aromatic carbocycles. The number of hydrogen-bond donors (Lipinski definition) is 3. The van der Waals surface area contributed by atoms with Crippen LogP contribution in [0.15, 0.2) is 18.3 Å². The Morgan fingerprint density at radius 3 is 3.00 bits per heavy atom. The third-order valence-electron chi connectivity index (χ3n) is 1.81. The minimum atomic E-state index is -0.578. The van der Waals surface area contributed by atoms with E-state index in [-0.39, 0.29) is 11.4 Å². The first kappa shape index (κ1) is 6.97. The van der Waals surface area contributed by atoms with Gasteiger partial charge < -0.3 is 15.8 Å². The average molecular weight is 166 g/mol. The van der Waals surface area contributed by atoms with Gasteiger partial charge >= 0.3 is 0 Å². The Labute approximate surface area is 67.6 Å². The van der Waals surface area contributed by atoms with Gasteiger partial charge in [-0.3, -0.25) is 0 Å². The number of aromatic amines is 1. The molecule has 0 radical (unpaired) electrons. The van der Waals surface area contributed by atoms with E-state index in [1.807, 2.05) is 0 Å². The number of H-pyrrole nitrogens is 1. The molecule has 0 bridgehead atoms. The van der Waals surface area contributed by atoms with Gasteiger partial charge in [-0.15, -0.1) is 0 Å². The highest BCUT2D eigenvalue weighted by molar-refractivity contribution is 5.86. The molecule has 0 amide bonds. The lowest BCUT2D eigenvalue weighted by Gasteiger charge is -2.00. The molecule has 3 nitrogen and oxygen atoms in total. The van der Waals surface area contributed by atoms with Crippen molar-refractivity contribution < 1.29 is 9.50 Å². The Kier molecular flexibility index (Phi) is 1.24. The predicted octanol–water partition coefficient (Wildman–Crippen LogP) is 1.59. The molecular weight excluding hydrogens is 159 g/mol. The number of phenols is 1. The van der Waals surface area contributed by atoms with Crippen LogP contribution in [0.2, 0.25) is 0 Å². The maximum absolute atomic E-state index is 13.2. The number of aromatic hydroxyl groups is 1. The van der Waals surface area contributed by atoms with Crippen molar-refractivity contribution >= 4 is 16.6 Å². The van der Waals surface area contributed by atoms with Gasteiger partial charge in [-0.25, -0.2) is 4.39 Å². The Hall–Kier alpha value is -1.71. The van der Waals surface area contributed by atoms with Gasteiger partial charge in [-0.1, -0.05) is 0 Å². The van der Waals surface area contributed by atoms with Crippen LogP contribution in [0.4, 0.5) is 10.1 Å². The predicted molar refractivity (Wildman–Crippen MR) is 44.3 cm³/mol. The van der Waals surface area contributed by atoms with E-state index < -0.39 is 5.82 Å². The number of anilines is 1. The van der Waals surface area contributed by atoms with Gasteiger partial charge in [0, 0.05) is 17.6 Å². The third-order valence-corrected chi connectivity index (χ3v) is 1.81. The van der Waals surface area contributed by atoms with Gasteiger partial charge in [0.25, 0.3) is 0 Å². The van der Waals surface area contributed by atoms with Crippen molar-refractivity contribution in [2.45, 2.75) is 0 Å². The molecule has 2 aromatic rings. The van der Waals surface area contributed by atoms with E-state index in [0.29, 0.717) is 10.9 Å². The van der Waals surface area contributed by atoms with E-state index in [2.05, 4.69) is 4.98 Å². The van der Waals surface area contributed by atoms with E-state index >= 15 is 0 Å². The van der Waals surface area contributed by atoms with Crippen molar-refractivity contribution in [2.75, 3.05) is 5.73 Å². The zero-order valence-corrected chi connectivity index (χ0v) is 6.13. The summed E-state index contributed by atoms with van der Waals surface area (Å²) in [4.78, 5) is 2.77. The van der Waals surface area contributed by atoms with E-state index in [9.17, 15) is 4.39 Å². The summed E-state index contributed by atoms with van der Waals surface area (Å²) in [5.74, 6) is -0.811. The molecule has 4 N–H and O–H groups in total. The Balaban J connectivity index is 2.94. The van der Waals surface area contributed by atoms with Crippen molar-refractivity contribution in [3.05, 3.63) is 24.1 Å². The highest BCUT2D eigenvalue weighted by atomic mass is 19.1. The van der Waals surface area contributed by atoms with Gasteiger partial charge in [0.1, 0.15) is 11.4 Å². The van der Waals surface area contributed by atoms with Crippen molar-refractivity contribution in [1.82, 2.24) is 4.98 Å². The molecule has 12 heavy (non-hydrogen) atoms. The normalized spacial score (nSPS) is 10.8. The third kappa shape index (κ3) is 0.747. The first-order valence-electron chi connectivity index (χ1n) is 3.44. The lowest BCUT2D eigenvalue weighted by Crippen LogP contribution is -1.91. The summed E-state index contributed by atoms with van der Waals surface area (Å²) in [5.41, 5.74) is 5.60. The molecule has 1 heterocycles. The molecule has 0 atom stereocenters. The summed E-state index contributed by atoms with van der Waals surface area (Å²) in [6.45, 7) is 0. The van der Waals surface area contributed by atoms with E-state index in [4.69, 9.17) is 10.8 Å². The van der Waals surface area contributed by atoms with Crippen LogP contribution in [-0.4, -0.2) is 10.1 Å². The van der Waals surface area contributed by atoms with Crippen LogP contribution < -0.4 is 5.73 Å². The summed E-state index contributed by atoms with van der Waals surface area (Å²) < 4.78 is 13.2. The first-order valence-corrected chi connectivity index (χ1v) is 3.44. The maximum Gasteiger partial charge on any atom is 0.159 e. The van der Waals surface area contributed by atoms with E-state index in [1.54, 1.807) is 12.3 Å². The fourth-order valence-corrected chi connectivity index (χ4v) is 1.17. The van der Waals surface area contributed by atoms with Crippen LogP contribution in [0, 0.1) is 5.82 Å². The average Bonchev–Trinajstić information content (AvgIpc) is 2.48. The highest BCUT2D eigenvalue weighted by Gasteiger charge is 2.09. The number of benzene rings is 1. The fraction of sp³-hybridized carbons (Fsp3) is 0. The molecule has 0 fully saturated rings. The molecular formula is C8H7FN2O. The topological polar surface area (TPSA) is 62.0 Å². The number of phenolic OH excluding ortho intramolecular Hbond substituents is 1. The lowest BCUT2D eigenvalue weighted by atomic mass is 10.2. The van der Waals surface area contributed by atoms with Gasteiger partial charge in [0.2, 0.25) is 0 Å². The minimum absolute atomic E-state index is 0.206. The second kappa shape index (κ2) is 2.14. The van der Waals surface area contributed by atoms with Crippen LogP contribution in [0.5, 0.6) is 5.75 Å². The molecule has 0 aliphatic rings. The fourth-order valence-electron chi connectivity index (χ4n) is 1.17. The Morgan fingerprint density at radius 1 is 1.50 bits per heavy atom. The van der Waals surface area contributed by atoms with Crippen LogP contribution in [-0.2, 0) is 0 Å². The van der Waals surface area contributed by atoms with Crippen molar-refractivity contribution in [3.63, 3.8) is 0 Å². The van der Waals surface area contributed by atoms with Crippen LogP contribution >= 0.6 is 0 Å². The second-order valence-corrected chi connectivity index (χ2v) is 2.56. The van der Waals surface area contributed by atoms with Crippen LogP contribution in [0.1, 0.15) is 0 Å². The largest absolute Gasteiger partial charge is 0.506 e. The summed E-state index contributed by atoms with van der Waals surface area (Å²) in [5, 5.41) is 9.53. The summed E-state index contributed by atoms with van der Waals surface area (Å²) in [6.07, 6.45) is 1.59. The van der Waals surface area contributed by atoms with Crippen LogP contribution in [0.25, 0.3) is 10.9 Å². The number of hydrogen-bond acceptors (Lipinski definition) is 2. The van der Waals surface area contributed by atoms with Crippen molar-refractivity contribution in [2.24, 2.45) is 0 Å². The molecule has 0 aliphatic heterocycles. The smallest absolute Gasteiger partial charge is 0.159 e. The van der Waals surface area contributed by atoms with Crippen LogP contribution in [0.3, 0.4) is 0 Å². The number of nitrogens with two attached hydrogens (primary N) is 1. The summed E-state index contributed by atoms with van der Waals surface area (Å²) in [6, 6.07) is 2.97. The molecule has 62 valence electrons. The molecule has 0 unspecified atom stereocenters. The van der Waals surface area contributed by atoms with Crippen molar-refractivity contribution in [1.29, 1.82) is 0 Å². The molecule has 0 aliphatic carbocycles. The maximum atomic E-state index is 13.2. The minimum Gasteiger partial charge on any atom is -0.506 e. The molecule has 1 aromatic heterocycles. The quantitative estimate of drug-likeness (QED) is 0.411. The number of rotatable bonds is 0. The number of nitrogens with one attached hydrogen (secondary N) is 1. The Morgan fingerprint density at radius 2 is 2.25 bits per heavy atom. The zero-order chi connectivity index (χ0) is 8.72. The Bertz CT molecular complexity index is 436. The van der Waals surface area contributed by atoms with Gasteiger partial charge in [-0.2, -0.15) is 0 Å². The molecule has 4 heteroatoms. The second-order valence-electron chi connectivity index (χ2n) is 2.56. The number of fused-ring (bicyclic) bond motifs is 1. The zero-order valence-electron chi connectivity index (χ0n) is 6.13. The summed E-state index contributed by atoms with van der Waals surface area (Å²) in [7, 11) is 0. The lowest BCUT2D eigenvalue weighted by molar-refractivity contribution is 0.474. The van der Waals surface area contributed by atoms with Gasteiger partial charge in [0.05, 0.1) is 5.52 Å². The van der Waals surface area contributed by atoms with Gasteiger partial charge in [-0.05, 0) is 6.07 Å². The highest BCUT2D eigenvalue weighted by Crippen LogP contribution is 2.29. The standard InChI is InChI=1S/C8H7FN2O/c9-7-4-1-2-11-5(4)3-6(12)8(7)10/h1-3,11-12H,10H2. The number of nitrogen functional groups attached to an aromatic ring is 1. The molecule has 0 saturated carbocycles. The molecule has 0 spiro atoms. The van der Waals surface area contributed by atoms with Gasteiger partial charge in [0.15, 0.2) is 5.82 Å². The first-order chi connectivity index (χ1) is 5.70. The molecule has 2 rings (SSSR count). The number of aromatic nitrogens is 1. The van der Waals surface area contributed by atoms with E-state index in [0.717, 1.165) is 0 Å². The SMILES string of the molecule is Nc1c(O)cc2[nH]ccc2c1F. The monoisotopic (exact) mass is 166 g/mol. The molecule has 0 saturated heterocycles. The van der Waals surface area contributed by atoms with E-state index in [1.165, 1.54) is 6.07 Å². The van der Waals surface area contributed by atoms with Crippen molar-refractivity contribution in [3.8, 4) is 5.75 Å². The summed E-state index contributed by atoms with van der Waals surface area (Å²) >= 11 is 0.